The topological polar surface area (TPSA) is 138 Å². The van der Waals surface area contributed by atoms with Crippen LogP contribution in [0.5, 0.6) is 5.75 Å². The third kappa shape index (κ3) is 5.35. The van der Waals surface area contributed by atoms with E-state index < -0.39 is 28.5 Å². The van der Waals surface area contributed by atoms with Crippen molar-refractivity contribution in [1.29, 1.82) is 0 Å². The molecule has 1 heterocycles. The Kier molecular flexibility index (Phi) is 7.07. The molecule has 172 valence electrons. The van der Waals surface area contributed by atoms with Crippen LogP contribution in [-0.4, -0.2) is 30.0 Å². The first-order chi connectivity index (χ1) is 15.7. The highest BCUT2D eigenvalue weighted by Gasteiger charge is 2.22. The van der Waals surface area contributed by atoms with Gasteiger partial charge < -0.3 is 19.2 Å². The second-order valence-electron chi connectivity index (χ2n) is 7.25. The van der Waals surface area contributed by atoms with E-state index in [4.69, 9.17) is 13.9 Å². The van der Waals surface area contributed by atoms with Crippen molar-refractivity contribution < 1.29 is 28.4 Å². The third-order valence-corrected chi connectivity index (χ3v) is 5.11. The molecule has 0 bridgehead atoms. The highest BCUT2D eigenvalue weighted by Crippen LogP contribution is 2.25. The summed E-state index contributed by atoms with van der Waals surface area (Å²) < 4.78 is 15.6. The molecule has 0 aliphatic carbocycles. The van der Waals surface area contributed by atoms with Gasteiger partial charge in [-0.25, -0.2) is 4.79 Å². The number of nitrogens with zero attached hydrogens (tertiary/aromatic N) is 1. The first kappa shape index (κ1) is 23.5. The van der Waals surface area contributed by atoms with Gasteiger partial charge in [0.05, 0.1) is 12.0 Å². The molecule has 1 unspecified atom stereocenters. The molecule has 1 N–H and O–H groups in total. The van der Waals surface area contributed by atoms with Crippen LogP contribution in [-0.2, 0) is 20.7 Å². The summed E-state index contributed by atoms with van der Waals surface area (Å²) in [5.74, 6) is -0.865. The Morgan fingerprint density at radius 3 is 2.64 bits per heavy atom. The van der Waals surface area contributed by atoms with Crippen LogP contribution in [0.15, 0.2) is 51.7 Å². The number of nitro groups is 1. The van der Waals surface area contributed by atoms with E-state index in [1.54, 1.807) is 25.1 Å². The number of nitrogens with one attached hydrogen (secondary N) is 1. The van der Waals surface area contributed by atoms with Gasteiger partial charge in [-0.2, -0.15) is 0 Å². The number of rotatable bonds is 8. The Labute approximate surface area is 188 Å². The van der Waals surface area contributed by atoms with Crippen LogP contribution in [0, 0.1) is 17.0 Å². The maximum Gasteiger partial charge on any atom is 0.339 e. The monoisotopic (exact) mass is 454 g/mol. The van der Waals surface area contributed by atoms with E-state index in [0.717, 1.165) is 5.39 Å². The van der Waals surface area contributed by atoms with Crippen molar-refractivity contribution in [2.45, 2.75) is 32.8 Å². The molecule has 0 saturated heterocycles. The van der Waals surface area contributed by atoms with Crippen LogP contribution >= 0.6 is 0 Å². The van der Waals surface area contributed by atoms with Crippen molar-refractivity contribution >= 4 is 34.2 Å². The number of aryl methyl sites for hydroxylation is 1. The van der Waals surface area contributed by atoms with Crippen molar-refractivity contribution in [3.8, 4) is 5.75 Å². The number of ether oxygens (including phenoxy) is 2. The summed E-state index contributed by atoms with van der Waals surface area (Å²) >= 11 is 0. The SMILES string of the molecule is COc1ccc2c(C)c(CCC(=O)OC(C)C(=O)Nc3ccccc3[N+](=O)[O-])c(=O)oc2c1. The molecule has 10 nitrogen and oxygen atoms in total. The fourth-order valence-corrected chi connectivity index (χ4v) is 3.30. The average molecular weight is 454 g/mol. The maximum atomic E-state index is 12.4. The predicted molar refractivity (Wildman–Crippen MR) is 119 cm³/mol. The fraction of sp³-hybridized carbons (Fsp3) is 0.261. The number of hydrogen-bond donors (Lipinski definition) is 1. The molecular formula is C23H22N2O8. The number of nitro benzene ring substituents is 1. The second kappa shape index (κ2) is 9.94. The van der Waals surface area contributed by atoms with Gasteiger partial charge in [-0.3, -0.25) is 19.7 Å². The van der Waals surface area contributed by atoms with Crippen molar-refractivity contribution in [3.63, 3.8) is 0 Å². The molecule has 1 atom stereocenters. The minimum absolute atomic E-state index is 0.00331. The van der Waals surface area contributed by atoms with Crippen molar-refractivity contribution in [2.75, 3.05) is 12.4 Å². The van der Waals surface area contributed by atoms with Crippen LogP contribution in [0.4, 0.5) is 11.4 Å². The number of carbonyl (C=O) groups is 2. The minimum atomic E-state index is -1.20. The maximum absolute atomic E-state index is 12.4. The molecule has 1 aromatic heterocycles. The van der Waals surface area contributed by atoms with Gasteiger partial charge in [0.1, 0.15) is 17.0 Å². The number of amides is 1. The fourth-order valence-electron chi connectivity index (χ4n) is 3.30. The quantitative estimate of drug-likeness (QED) is 0.236. The van der Waals surface area contributed by atoms with Crippen molar-refractivity contribution in [2.24, 2.45) is 0 Å². The molecule has 3 rings (SSSR count). The van der Waals surface area contributed by atoms with Crippen molar-refractivity contribution in [1.82, 2.24) is 0 Å². The molecule has 1 amide bonds. The number of benzene rings is 2. The van der Waals surface area contributed by atoms with E-state index in [1.165, 1.54) is 38.3 Å². The number of methoxy groups -OCH3 is 1. The zero-order chi connectivity index (χ0) is 24.1. The molecule has 3 aromatic rings. The lowest BCUT2D eigenvalue weighted by Crippen LogP contribution is -2.30. The molecule has 33 heavy (non-hydrogen) atoms. The Bertz CT molecular complexity index is 1280. The van der Waals surface area contributed by atoms with Gasteiger partial charge in [-0.05, 0) is 44.0 Å². The Hall–Kier alpha value is -4.21. The number of fused-ring (bicyclic) bond motifs is 1. The Morgan fingerprint density at radius 2 is 1.94 bits per heavy atom. The van der Waals surface area contributed by atoms with Gasteiger partial charge in [0, 0.05) is 29.5 Å². The van der Waals surface area contributed by atoms with Gasteiger partial charge in [0.15, 0.2) is 6.10 Å². The lowest BCUT2D eigenvalue weighted by Gasteiger charge is -2.14. The van der Waals surface area contributed by atoms with Crippen molar-refractivity contribution in [3.05, 3.63) is 74.1 Å². The predicted octanol–water partition coefficient (Wildman–Crippen LogP) is 3.52. The van der Waals surface area contributed by atoms with E-state index in [1.807, 2.05) is 0 Å². The molecule has 10 heteroatoms. The summed E-state index contributed by atoms with van der Waals surface area (Å²) in [6, 6.07) is 10.8. The van der Waals surface area contributed by atoms with Gasteiger partial charge in [-0.15, -0.1) is 0 Å². The standard InChI is InChI=1S/C23H22N2O8/c1-13-16-9-8-15(31-3)12-20(16)33-23(28)17(13)10-11-21(26)32-14(2)22(27)24-18-6-4-5-7-19(18)25(29)30/h4-9,12,14H,10-11H2,1-3H3,(H,24,27). The van der Waals surface area contributed by atoms with E-state index in [-0.39, 0.29) is 24.2 Å². The highest BCUT2D eigenvalue weighted by atomic mass is 16.6. The summed E-state index contributed by atoms with van der Waals surface area (Å²) in [5, 5.41) is 14.2. The summed E-state index contributed by atoms with van der Waals surface area (Å²) in [6.07, 6.45) is -1.29. The zero-order valence-corrected chi connectivity index (χ0v) is 18.2. The lowest BCUT2D eigenvalue weighted by atomic mass is 10.0. The molecule has 0 spiro atoms. The van der Waals surface area contributed by atoms with E-state index in [2.05, 4.69) is 5.32 Å². The van der Waals surface area contributed by atoms with E-state index in [0.29, 0.717) is 22.5 Å². The first-order valence-electron chi connectivity index (χ1n) is 10.1. The number of esters is 1. The molecular weight excluding hydrogens is 432 g/mol. The van der Waals surface area contributed by atoms with Gasteiger partial charge in [-0.1, -0.05) is 12.1 Å². The Balaban J connectivity index is 1.64. The van der Waals surface area contributed by atoms with Crippen LogP contribution in [0.3, 0.4) is 0 Å². The number of carbonyl (C=O) groups excluding carboxylic acids is 2. The molecule has 0 radical (unpaired) electrons. The summed E-state index contributed by atoms with van der Waals surface area (Å²) in [6.45, 7) is 3.11. The third-order valence-electron chi connectivity index (χ3n) is 5.11. The average Bonchev–Trinajstić information content (AvgIpc) is 2.78. The number of para-hydroxylation sites is 2. The molecule has 2 aromatic carbocycles. The largest absolute Gasteiger partial charge is 0.497 e. The molecule has 0 fully saturated rings. The Morgan fingerprint density at radius 1 is 1.21 bits per heavy atom. The van der Waals surface area contributed by atoms with Gasteiger partial charge in [0.25, 0.3) is 11.6 Å². The van der Waals surface area contributed by atoms with Crippen LogP contribution in [0.25, 0.3) is 11.0 Å². The molecule has 0 saturated carbocycles. The molecule has 0 aliphatic heterocycles. The van der Waals surface area contributed by atoms with Gasteiger partial charge in [0.2, 0.25) is 0 Å². The van der Waals surface area contributed by atoms with Crippen LogP contribution in [0.1, 0.15) is 24.5 Å². The minimum Gasteiger partial charge on any atom is -0.497 e. The highest BCUT2D eigenvalue weighted by molar-refractivity contribution is 5.96. The van der Waals surface area contributed by atoms with Crippen LogP contribution in [0.2, 0.25) is 0 Å². The van der Waals surface area contributed by atoms with E-state index in [9.17, 15) is 24.5 Å². The lowest BCUT2D eigenvalue weighted by molar-refractivity contribution is -0.383. The second-order valence-corrected chi connectivity index (χ2v) is 7.25. The van der Waals surface area contributed by atoms with Crippen LogP contribution < -0.4 is 15.7 Å². The summed E-state index contributed by atoms with van der Waals surface area (Å²) in [7, 11) is 1.51. The smallest absolute Gasteiger partial charge is 0.339 e. The summed E-state index contributed by atoms with van der Waals surface area (Å²) in [5.41, 5.74) is 0.546. The van der Waals surface area contributed by atoms with Gasteiger partial charge >= 0.3 is 11.6 Å². The number of hydrogen-bond acceptors (Lipinski definition) is 8. The number of anilines is 1. The zero-order valence-electron chi connectivity index (χ0n) is 18.2. The first-order valence-corrected chi connectivity index (χ1v) is 10.1. The van der Waals surface area contributed by atoms with E-state index >= 15 is 0 Å². The summed E-state index contributed by atoms with van der Waals surface area (Å²) in [4.78, 5) is 47.4. The molecule has 0 aliphatic rings. The normalized spacial score (nSPS) is 11.6.